The lowest BCUT2D eigenvalue weighted by Crippen LogP contribution is -2.01. The Balaban J connectivity index is 1.32. The molecule has 8 bridgehead atoms. The van der Waals surface area contributed by atoms with Crippen LogP contribution in [-0.2, 0) is 0 Å². The van der Waals surface area contributed by atoms with Gasteiger partial charge >= 0.3 is 0 Å². The van der Waals surface area contributed by atoms with Gasteiger partial charge in [0.15, 0.2) is 0 Å². The summed E-state index contributed by atoms with van der Waals surface area (Å²) in [5.74, 6) is 1.12. The molecule has 0 saturated heterocycles. The lowest BCUT2D eigenvalue weighted by Gasteiger charge is -2.20. The molecule has 2 aliphatic rings. The number of nitrogens with one attached hydrogen (secondary N) is 2. The Morgan fingerprint density at radius 3 is 1.44 bits per heavy atom. The van der Waals surface area contributed by atoms with E-state index in [0.29, 0.717) is 0 Å². The molecule has 0 amide bonds. The zero-order chi connectivity index (χ0) is 47.7. The number of H-pyrrole nitrogens is 2. The third-order valence-electron chi connectivity index (χ3n) is 15.4. The molecule has 70 heavy (non-hydrogen) atoms. The van der Waals surface area contributed by atoms with Crippen molar-refractivity contribution in [3.8, 4) is 33.4 Å². The lowest BCUT2D eigenvalue weighted by atomic mass is 9.84. The van der Waals surface area contributed by atoms with Gasteiger partial charge in [-0.2, -0.15) is 0 Å². The van der Waals surface area contributed by atoms with E-state index in [1.165, 1.54) is 81.9 Å². The minimum Gasteiger partial charge on any atom is -0.354 e. The van der Waals surface area contributed by atoms with Crippen molar-refractivity contribution in [2.45, 2.75) is 79.1 Å². The normalized spacial score (nSPS) is 13.0. The number of hydrogen-bond donors (Lipinski definition) is 2. The molecule has 2 N–H and O–H groups in total. The molecule has 11 aromatic rings. The summed E-state index contributed by atoms with van der Waals surface area (Å²) in [6.07, 6.45) is 9.03. The van der Waals surface area contributed by atoms with Gasteiger partial charge in [0.1, 0.15) is 0 Å². The Hall–Kier alpha value is -7.82. The first-order valence-corrected chi connectivity index (χ1v) is 25.3. The molecular formula is C66H56N4. The molecule has 0 saturated carbocycles. The largest absolute Gasteiger partial charge is 0.354 e. The van der Waals surface area contributed by atoms with Crippen molar-refractivity contribution < 1.29 is 0 Å². The van der Waals surface area contributed by atoms with Crippen LogP contribution in [0.2, 0.25) is 0 Å². The van der Waals surface area contributed by atoms with E-state index in [2.05, 4.69) is 223 Å². The van der Waals surface area contributed by atoms with E-state index < -0.39 is 0 Å². The first kappa shape index (κ1) is 42.3. The van der Waals surface area contributed by atoms with E-state index in [0.717, 1.165) is 72.5 Å². The average molecular weight is 905 g/mol. The van der Waals surface area contributed by atoms with Crippen LogP contribution in [0.4, 0.5) is 0 Å². The van der Waals surface area contributed by atoms with Crippen molar-refractivity contribution in [3.05, 3.63) is 178 Å². The minimum atomic E-state index is 0.275. The SMILES string of the molecule is CC(C)c1cccc(C(C)C)c1-c1c2nc(c3c4ccc5ccc6cccc7cc(c8cc([nH]c83)c(-c3c(C(C)C)cccc3C(C)C)c3nc(c(-c8ccccc8)c8ccc1[nH]8)C=C3)c4c5c67)C=C2. The minimum absolute atomic E-state index is 0.275. The maximum Gasteiger partial charge on any atom is 0.0737 e. The van der Waals surface area contributed by atoms with Gasteiger partial charge in [0.25, 0.3) is 0 Å². The van der Waals surface area contributed by atoms with Crippen molar-refractivity contribution in [3.63, 3.8) is 0 Å². The maximum atomic E-state index is 5.86. The van der Waals surface area contributed by atoms with Crippen molar-refractivity contribution >= 4 is 100 Å². The van der Waals surface area contributed by atoms with Crippen LogP contribution in [0.25, 0.3) is 134 Å². The Morgan fingerprint density at radius 2 is 0.829 bits per heavy atom. The third kappa shape index (κ3) is 6.28. The highest BCUT2D eigenvalue weighted by atomic mass is 14.8. The summed E-state index contributed by atoms with van der Waals surface area (Å²) in [6.45, 7) is 18.5. The van der Waals surface area contributed by atoms with E-state index in [4.69, 9.17) is 9.97 Å². The number of aromatic nitrogens is 4. The van der Waals surface area contributed by atoms with E-state index in [1.54, 1.807) is 0 Å². The summed E-state index contributed by atoms with van der Waals surface area (Å²) in [7, 11) is 0. The summed E-state index contributed by atoms with van der Waals surface area (Å²) in [6, 6.07) is 49.9. The molecule has 3 aromatic heterocycles. The Labute approximate surface area is 409 Å². The smallest absolute Gasteiger partial charge is 0.0737 e. The van der Waals surface area contributed by atoms with Gasteiger partial charge < -0.3 is 9.97 Å². The molecule has 0 unspecified atom stereocenters. The number of nitrogens with zero attached hydrogens (tertiary/aromatic N) is 2. The summed E-state index contributed by atoms with van der Waals surface area (Å²) in [5, 5.41) is 12.4. The summed E-state index contributed by atoms with van der Waals surface area (Å²) in [5.41, 5.74) is 20.1. The van der Waals surface area contributed by atoms with Crippen LogP contribution in [0.5, 0.6) is 0 Å². The van der Waals surface area contributed by atoms with Crippen molar-refractivity contribution in [2.24, 2.45) is 0 Å². The van der Waals surface area contributed by atoms with E-state index >= 15 is 0 Å². The molecule has 0 radical (unpaired) electrons. The molecule has 340 valence electrons. The van der Waals surface area contributed by atoms with E-state index in [9.17, 15) is 0 Å². The highest BCUT2D eigenvalue weighted by Crippen LogP contribution is 2.49. The molecule has 0 aliphatic carbocycles. The van der Waals surface area contributed by atoms with Gasteiger partial charge in [-0.25, -0.2) is 9.97 Å². The molecule has 0 fully saturated rings. The van der Waals surface area contributed by atoms with Crippen LogP contribution in [-0.4, -0.2) is 19.9 Å². The predicted octanol–water partition coefficient (Wildman–Crippen LogP) is 18.8. The summed E-state index contributed by atoms with van der Waals surface area (Å²) < 4.78 is 0. The van der Waals surface area contributed by atoms with Crippen LogP contribution >= 0.6 is 0 Å². The first-order chi connectivity index (χ1) is 34.0. The molecule has 4 heteroatoms. The first-order valence-electron chi connectivity index (χ1n) is 25.3. The molecular weight excluding hydrogens is 849 g/mol. The second-order valence-electron chi connectivity index (χ2n) is 21.0. The van der Waals surface area contributed by atoms with Gasteiger partial charge in [-0.1, -0.05) is 165 Å². The fourth-order valence-corrected chi connectivity index (χ4v) is 12.2. The molecule has 0 atom stereocenters. The second kappa shape index (κ2) is 15.9. The number of fused-ring (bicyclic) bond motifs is 10. The fourth-order valence-electron chi connectivity index (χ4n) is 12.2. The monoisotopic (exact) mass is 904 g/mol. The van der Waals surface area contributed by atoms with Crippen LogP contribution in [0.15, 0.2) is 133 Å². The lowest BCUT2D eigenvalue weighted by molar-refractivity contribution is 0.838. The van der Waals surface area contributed by atoms with Crippen molar-refractivity contribution in [1.29, 1.82) is 0 Å². The van der Waals surface area contributed by atoms with Gasteiger partial charge in [0, 0.05) is 44.0 Å². The van der Waals surface area contributed by atoms with Gasteiger partial charge in [0.05, 0.1) is 28.3 Å². The van der Waals surface area contributed by atoms with Gasteiger partial charge in [0.2, 0.25) is 0 Å². The summed E-state index contributed by atoms with van der Waals surface area (Å²) in [4.78, 5) is 19.9. The zero-order valence-electron chi connectivity index (χ0n) is 41.2. The second-order valence-corrected chi connectivity index (χ2v) is 21.0. The highest BCUT2D eigenvalue weighted by molar-refractivity contribution is 6.39. The summed E-state index contributed by atoms with van der Waals surface area (Å²) >= 11 is 0. The molecule has 8 aromatic carbocycles. The van der Waals surface area contributed by atoms with Gasteiger partial charge in [-0.05, 0) is 154 Å². The quantitative estimate of drug-likeness (QED) is 0.124. The Kier molecular flexibility index (Phi) is 9.59. The van der Waals surface area contributed by atoms with Crippen LogP contribution in [0.1, 0.15) is 124 Å². The third-order valence-corrected chi connectivity index (χ3v) is 15.4. The molecule has 4 nitrogen and oxygen atoms in total. The van der Waals surface area contributed by atoms with Gasteiger partial charge in [-0.3, -0.25) is 0 Å². The topological polar surface area (TPSA) is 57.4 Å². The number of rotatable bonds is 7. The van der Waals surface area contributed by atoms with Gasteiger partial charge in [-0.15, -0.1) is 0 Å². The maximum absolute atomic E-state index is 5.86. The number of hydrogen-bond acceptors (Lipinski definition) is 2. The fraction of sp³-hybridized carbons (Fsp3) is 0.182. The standard InChI is InChI=1S/C66H56N4/c1-35(2)43-19-13-20-44(36(3)4)60(43)64-53-30-27-50(67-53)58(39-15-10-9-11-16-39)51-28-31-55(68-51)65(61-45(37(5)6)21-14-22-46(61)38(7)8)56-34-49-48-33-42-18-12-17-40-23-24-41-25-26-47(62(48)59(41)57(40)42)63(66(49)70-56)52-29-32-54(64)69-52/h9-38,67,70H,1-8H3. The number of benzene rings is 8. The van der Waals surface area contributed by atoms with E-state index in [-0.39, 0.29) is 23.7 Å². The number of aromatic amines is 2. The highest BCUT2D eigenvalue weighted by Gasteiger charge is 2.27. The molecule has 13 rings (SSSR count). The van der Waals surface area contributed by atoms with Crippen molar-refractivity contribution in [2.75, 3.05) is 0 Å². The van der Waals surface area contributed by atoms with Crippen LogP contribution in [0, 0.1) is 0 Å². The van der Waals surface area contributed by atoms with Crippen LogP contribution in [0.3, 0.4) is 0 Å². The molecule has 2 aliphatic heterocycles. The molecule has 5 heterocycles. The Bertz CT molecular complexity index is 4120. The molecule has 0 spiro atoms. The predicted molar refractivity (Wildman–Crippen MR) is 301 cm³/mol. The Morgan fingerprint density at radius 1 is 0.329 bits per heavy atom. The average Bonchev–Trinajstić information content (AvgIpc) is 4.21. The van der Waals surface area contributed by atoms with E-state index in [1.807, 2.05) is 0 Å². The zero-order valence-corrected chi connectivity index (χ0v) is 41.2. The van der Waals surface area contributed by atoms with Crippen molar-refractivity contribution in [1.82, 2.24) is 19.9 Å². The van der Waals surface area contributed by atoms with Crippen LogP contribution < -0.4 is 0 Å².